The zero-order valence-corrected chi connectivity index (χ0v) is 21.1. The van der Waals surface area contributed by atoms with Crippen LogP contribution >= 0.6 is 0 Å². The van der Waals surface area contributed by atoms with E-state index in [9.17, 15) is 15.0 Å². The van der Waals surface area contributed by atoms with E-state index < -0.39 is 12.1 Å². The quantitative estimate of drug-likeness (QED) is 0.370. The first kappa shape index (κ1) is 26.4. The summed E-state index contributed by atoms with van der Waals surface area (Å²) >= 11 is 0. The number of hydrogen-bond acceptors (Lipinski definition) is 4. The van der Waals surface area contributed by atoms with Crippen molar-refractivity contribution in [1.82, 2.24) is 5.32 Å². The van der Waals surface area contributed by atoms with Crippen molar-refractivity contribution in [1.29, 1.82) is 0 Å². The van der Waals surface area contributed by atoms with Crippen molar-refractivity contribution < 1.29 is 19.7 Å². The van der Waals surface area contributed by atoms with Crippen molar-refractivity contribution in [3.05, 3.63) is 59.2 Å². The predicted octanol–water partition coefficient (Wildman–Crippen LogP) is 6.14. The number of nitrogens with one attached hydrogen (secondary N) is 1. The Hall–Kier alpha value is -2.21. The van der Waals surface area contributed by atoms with Crippen LogP contribution in [0.3, 0.4) is 0 Å². The second kappa shape index (κ2) is 12.0. The average Bonchev–Trinajstić information content (AvgIpc) is 2.81. The Kier molecular flexibility index (Phi) is 9.29. The number of aliphatic hydroxyl groups is 1. The number of carboxylic acid groups (broad SMARTS) is 1. The fraction of sp³-hybridized carbons (Fsp3) is 0.552. The normalized spacial score (nSPS) is 16.9. The third-order valence-electron chi connectivity index (χ3n) is 7.05. The van der Waals surface area contributed by atoms with Crippen LogP contribution < -0.4 is 5.32 Å². The number of benzene rings is 2. The van der Waals surface area contributed by atoms with E-state index in [1.54, 1.807) is 6.07 Å². The third-order valence-corrected chi connectivity index (χ3v) is 7.05. The molecule has 1 fully saturated rings. The fourth-order valence-electron chi connectivity index (χ4n) is 5.17. The van der Waals surface area contributed by atoms with Gasteiger partial charge in [-0.25, -0.2) is 4.79 Å². The lowest BCUT2D eigenvalue weighted by atomic mass is 9.81. The highest BCUT2D eigenvalue weighted by atomic mass is 16.5. The highest BCUT2D eigenvalue weighted by Crippen LogP contribution is 2.32. The van der Waals surface area contributed by atoms with E-state index in [4.69, 9.17) is 4.74 Å². The summed E-state index contributed by atoms with van der Waals surface area (Å²) in [5.41, 5.74) is 4.03. The summed E-state index contributed by atoms with van der Waals surface area (Å²) in [4.78, 5) is 11.4. The van der Waals surface area contributed by atoms with Gasteiger partial charge < -0.3 is 20.3 Å². The molecule has 0 aliphatic heterocycles. The molecule has 1 saturated carbocycles. The maximum absolute atomic E-state index is 11.4. The van der Waals surface area contributed by atoms with E-state index in [2.05, 4.69) is 19.2 Å². The van der Waals surface area contributed by atoms with Crippen LogP contribution in [0.15, 0.2) is 42.5 Å². The van der Waals surface area contributed by atoms with E-state index in [1.807, 2.05) is 50.2 Å². The molecular weight excluding hydrogens is 426 g/mol. The van der Waals surface area contributed by atoms with Gasteiger partial charge in [-0.05, 0) is 68.4 Å². The Labute approximate surface area is 204 Å². The van der Waals surface area contributed by atoms with Gasteiger partial charge in [0.1, 0.15) is 0 Å². The zero-order chi connectivity index (χ0) is 24.7. The molecule has 0 spiro atoms. The summed E-state index contributed by atoms with van der Waals surface area (Å²) in [6, 6.07) is 13.4. The smallest absolute Gasteiger partial charge is 0.335 e. The van der Waals surface area contributed by atoms with Crippen LogP contribution in [0.2, 0.25) is 0 Å². The van der Waals surface area contributed by atoms with Gasteiger partial charge in [-0.15, -0.1) is 0 Å². The summed E-state index contributed by atoms with van der Waals surface area (Å²) in [7, 11) is 0. The number of carboxylic acids is 1. The Morgan fingerprint density at radius 3 is 2.53 bits per heavy atom. The zero-order valence-electron chi connectivity index (χ0n) is 21.1. The lowest BCUT2D eigenvalue weighted by Gasteiger charge is -2.33. The van der Waals surface area contributed by atoms with E-state index in [0.717, 1.165) is 34.6 Å². The molecule has 0 amide bonds. The Balaban J connectivity index is 1.56. The highest BCUT2D eigenvalue weighted by molar-refractivity contribution is 5.90. The number of carbonyl (C=O) groups is 1. The van der Waals surface area contributed by atoms with Crippen LogP contribution in [0.5, 0.6) is 0 Å². The van der Waals surface area contributed by atoms with Crippen molar-refractivity contribution in [3.63, 3.8) is 0 Å². The molecule has 2 aromatic carbocycles. The van der Waals surface area contributed by atoms with Crippen LogP contribution in [-0.2, 0) is 4.74 Å². The van der Waals surface area contributed by atoms with Gasteiger partial charge in [0.2, 0.25) is 0 Å². The topological polar surface area (TPSA) is 78.8 Å². The molecule has 1 aliphatic rings. The molecule has 0 bridgehead atoms. The minimum Gasteiger partial charge on any atom is -0.478 e. The third kappa shape index (κ3) is 7.39. The Morgan fingerprint density at radius 2 is 1.85 bits per heavy atom. The minimum absolute atomic E-state index is 0.00117. The number of aromatic carboxylic acids is 1. The second-order valence-electron chi connectivity index (χ2n) is 10.5. The molecule has 186 valence electrons. The Bertz CT molecular complexity index is 949. The molecule has 34 heavy (non-hydrogen) atoms. The van der Waals surface area contributed by atoms with Crippen LogP contribution in [0.25, 0.3) is 11.1 Å². The predicted molar refractivity (Wildman–Crippen MR) is 137 cm³/mol. The molecule has 5 heteroatoms. The van der Waals surface area contributed by atoms with Crippen molar-refractivity contribution >= 4 is 5.97 Å². The number of hydrogen-bond donors (Lipinski definition) is 3. The van der Waals surface area contributed by atoms with Crippen LogP contribution in [0, 0.1) is 12.8 Å². The molecule has 0 unspecified atom stereocenters. The molecule has 0 aromatic heterocycles. The monoisotopic (exact) mass is 467 g/mol. The molecule has 1 aliphatic carbocycles. The Morgan fingerprint density at radius 1 is 1.15 bits per heavy atom. The standard InChI is InChI=1S/C29H41NO4/c1-20-16-23(14-15-25(20)28(32)33)27-13-9-8-12-26(27)21(2)34-19-24(31)18-30-29(3,4)17-22-10-6-5-7-11-22/h8-9,12-16,21-22,24,30-31H,5-7,10-11,17-19H2,1-4H3,(H,32,33)/t21-,24+/m1/s1. The summed E-state index contributed by atoms with van der Waals surface area (Å²) < 4.78 is 6.08. The summed E-state index contributed by atoms with van der Waals surface area (Å²) in [6.07, 6.45) is 7.07. The highest BCUT2D eigenvalue weighted by Gasteiger charge is 2.25. The summed E-state index contributed by atoms with van der Waals surface area (Å²) in [5.74, 6) is -0.132. The lowest BCUT2D eigenvalue weighted by Crippen LogP contribution is -2.45. The van der Waals surface area contributed by atoms with Gasteiger partial charge in [0.15, 0.2) is 0 Å². The van der Waals surface area contributed by atoms with Gasteiger partial charge >= 0.3 is 5.97 Å². The molecule has 0 radical (unpaired) electrons. The largest absolute Gasteiger partial charge is 0.478 e. The first-order valence-corrected chi connectivity index (χ1v) is 12.6. The van der Waals surface area contributed by atoms with Crippen molar-refractivity contribution in [2.24, 2.45) is 5.92 Å². The molecule has 3 rings (SSSR count). The maximum atomic E-state index is 11.4. The number of aliphatic hydroxyl groups excluding tert-OH is 1. The maximum Gasteiger partial charge on any atom is 0.335 e. The second-order valence-corrected chi connectivity index (χ2v) is 10.5. The van der Waals surface area contributed by atoms with Crippen LogP contribution in [-0.4, -0.2) is 41.0 Å². The molecule has 0 saturated heterocycles. The van der Waals surface area contributed by atoms with Gasteiger partial charge in [-0.3, -0.25) is 0 Å². The fourth-order valence-corrected chi connectivity index (χ4v) is 5.17. The van der Waals surface area contributed by atoms with Gasteiger partial charge in [0.05, 0.1) is 24.4 Å². The molecule has 0 heterocycles. The van der Waals surface area contributed by atoms with E-state index in [0.29, 0.717) is 12.1 Å². The van der Waals surface area contributed by atoms with Gasteiger partial charge in [0.25, 0.3) is 0 Å². The average molecular weight is 468 g/mol. The van der Waals surface area contributed by atoms with Crippen molar-refractivity contribution in [3.8, 4) is 11.1 Å². The first-order valence-electron chi connectivity index (χ1n) is 12.6. The van der Waals surface area contributed by atoms with E-state index in [-0.39, 0.29) is 18.2 Å². The summed E-state index contributed by atoms with van der Waals surface area (Å²) in [6.45, 7) is 9.01. The van der Waals surface area contributed by atoms with E-state index >= 15 is 0 Å². The number of rotatable bonds is 11. The van der Waals surface area contributed by atoms with E-state index in [1.165, 1.54) is 32.1 Å². The number of aryl methyl sites for hydroxylation is 1. The van der Waals surface area contributed by atoms with Crippen molar-refractivity contribution in [2.75, 3.05) is 13.2 Å². The van der Waals surface area contributed by atoms with Gasteiger partial charge in [-0.2, -0.15) is 0 Å². The molecule has 5 nitrogen and oxygen atoms in total. The first-order chi connectivity index (χ1) is 16.2. The molecular formula is C29H41NO4. The number of β-amino-alcohol motifs (C(OH)–C–C–N with tert-alkyl or cyclic N) is 1. The molecule has 3 N–H and O–H groups in total. The number of ether oxygens (including phenoxy) is 1. The lowest BCUT2D eigenvalue weighted by molar-refractivity contribution is -0.00453. The molecule has 2 aromatic rings. The van der Waals surface area contributed by atoms with Gasteiger partial charge in [-0.1, -0.05) is 68.5 Å². The molecule has 2 atom stereocenters. The van der Waals surface area contributed by atoms with Crippen molar-refractivity contribution in [2.45, 2.75) is 84.0 Å². The SMILES string of the molecule is Cc1cc(-c2ccccc2[C@@H](C)OC[C@@H](O)CNC(C)(C)CC2CCCCC2)ccc1C(=O)O. The van der Waals surface area contributed by atoms with Crippen LogP contribution in [0.1, 0.15) is 86.9 Å². The van der Waals surface area contributed by atoms with Gasteiger partial charge in [0, 0.05) is 12.1 Å². The minimum atomic E-state index is -0.918. The summed E-state index contributed by atoms with van der Waals surface area (Å²) in [5, 5.41) is 23.4. The van der Waals surface area contributed by atoms with Crippen LogP contribution in [0.4, 0.5) is 0 Å².